The van der Waals surface area contributed by atoms with Gasteiger partial charge in [0.1, 0.15) is 11.6 Å². The molecular weight excluding hydrogens is 406 g/mol. The first-order chi connectivity index (χ1) is 14.5. The van der Waals surface area contributed by atoms with Gasteiger partial charge in [0.25, 0.3) is 11.8 Å². The van der Waals surface area contributed by atoms with E-state index in [1.165, 1.54) is 19.3 Å². The lowest BCUT2D eigenvalue weighted by Gasteiger charge is -2.12. The Hall–Kier alpha value is -3.76. The van der Waals surface area contributed by atoms with Crippen LogP contribution in [-0.4, -0.2) is 32.1 Å². The van der Waals surface area contributed by atoms with Gasteiger partial charge in [0, 0.05) is 6.54 Å². The number of nitrogens with one attached hydrogen (secondary N) is 2. The summed E-state index contributed by atoms with van der Waals surface area (Å²) >= 11 is 6.02. The zero-order valence-corrected chi connectivity index (χ0v) is 17.0. The highest BCUT2D eigenvalue weighted by Crippen LogP contribution is 2.29. The number of nitrogens with zero attached hydrogens (tertiary/aromatic N) is 1. The standard InChI is InChI=1S/C22H20ClN3O4/c1-3-10-25-22(28)16(13-24)11-15-8-9-19(20(12-15)29-2)30-14-21(27)26-18-7-5-4-6-17(18)23/h3-9,11-12H,1,10,14H2,2H3,(H,25,28)(H,26,27)/b16-11+. The average Bonchev–Trinajstić information content (AvgIpc) is 2.76. The molecule has 8 heteroatoms. The number of ether oxygens (including phenoxy) is 2. The van der Waals surface area contributed by atoms with E-state index in [0.29, 0.717) is 27.8 Å². The van der Waals surface area contributed by atoms with Crippen LogP contribution in [0.4, 0.5) is 5.69 Å². The largest absolute Gasteiger partial charge is 0.493 e. The summed E-state index contributed by atoms with van der Waals surface area (Å²) in [6, 6.07) is 13.5. The summed E-state index contributed by atoms with van der Waals surface area (Å²) in [6.07, 6.45) is 2.94. The SMILES string of the molecule is C=CCNC(=O)/C(C#N)=C/c1ccc(OCC(=O)Nc2ccccc2Cl)c(OC)c1. The minimum Gasteiger partial charge on any atom is -0.493 e. The number of carbonyl (C=O) groups excluding carboxylic acids is 2. The minimum atomic E-state index is -0.507. The number of amides is 2. The molecule has 30 heavy (non-hydrogen) atoms. The van der Waals surface area contributed by atoms with Crippen molar-refractivity contribution >= 4 is 35.2 Å². The summed E-state index contributed by atoms with van der Waals surface area (Å²) in [5.74, 6) is -0.218. The maximum absolute atomic E-state index is 12.1. The molecule has 2 aromatic carbocycles. The molecule has 7 nitrogen and oxygen atoms in total. The van der Waals surface area contributed by atoms with E-state index < -0.39 is 5.91 Å². The molecule has 2 aromatic rings. The van der Waals surface area contributed by atoms with E-state index in [9.17, 15) is 14.9 Å². The van der Waals surface area contributed by atoms with E-state index in [0.717, 1.165) is 0 Å². The fraction of sp³-hybridized carbons (Fsp3) is 0.136. The summed E-state index contributed by atoms with van der Waals surface area (Å²) in [7, 11) is 1.45. The quantitative estimate of drug-likeness (QED) is 0.363. The molecule has 0 atom stereocenters. The van der Waals surface area contributed by atoms with Crippen molar-refractivity contribution in [3.05, 3.63) is 71.3 Å². The summed E-state index contributed by atoms with van der Waals surface area (Å²) in [6.45, 7) is 3.50. The topological polar surface area (TPSA) is 100 Å². The van der Waals surface area contributed by atoms with Crippen LogP contribution in [0.25, 0.3) is 6.08 Å². The zero-order valence-electron chi connectivity index (χ0n) is 16.3. The Morgan fingerprint density at radius 2 is 2.00 bits per heavy atom. The van der Waals surface area contributed by atoms with Crippen molar-refractivity contribution < 1.29 is 19.1 Å². The number of nitriles is 1. The Balaban J connectivity index is 2.08. The van der Waals surface area contributed by atoms with E-state index in [4.69, 9.17) is 21.1 Å². The van der Waals surface area contributed by atoms with Crippen molar-refractivity contribution in [2.45, 2.75) is 0 Å². The van der Waals surface area contributed by atoms with Gasteiger partial charge in [-0.2, -0.15) is 5.26 Å². The van der Waals surface area contributed by atoms with Crippen molar-refractivity contribution in [3.8, 4) is 17.6 Å². The molecule has 2 amide bonds. The molecule has 0 bridgehead atoms. The molecule has 0 unspecified atom stereocenters. The van der Waals surface area contributed by atoms with Crippen molar-refractivity contribution in [1.82, 2.24) is 5.32 Å². The molecule has 0 spiro atoms. The first-order valence-electron chi connectivity index (χ1n) is 8.84. The summed E-state index contributed by atoms with van der Waals surface area (Å²) in [5.41, 5.74) is 0.982. The predicted molar refractivity (Wildman–Crippen MR) is 115 cm³/mol. The fourth-order valence-electron chi connectivity index (χ4n) is 2.36. The molecule has 2 N–H and O–H groups in total. The number of hydrogen-bond acceptors (Lipinski definition) is 5. The van der Waals surface area contributed by atoms with Gasteiger partial charge >= 0.3 is 0 Å². The van der Waals surface area contributed by atoms with E-state index in [1.807, 2.05) is 6.07 Å². The van der Waals surface area contributed by atoms with E-state index in [1.54, 1.807) is 42.5 Å². The lowest BCUT2D eigenvalue weighted by Crippen LogP contribution is -2.24. The maximum atomic E-state index is 12.1. The van der Waals surface area contributed by atoms with Gasteiger partial charge in [-0.15, -0.1) is 6.58 Å². The number of methoxy groups -OCH3 is 1. The molecular formula is C22H20ClN3O4. The Morgan fingerprint density at radius 3 is 2.67 bits per heavy atom. The number of benzene rings is 2. The second-order valence-electron chi connectivity index (χ2n) is 5.90. The lowest BCUT2D eigenvalue weighted by atomic mass is 10.1. The van der Waals surface area contributed by atoms with Crippen molar-refractivity contribution in [2.24, 2.45) is 0 Å². The Labute approximate surface area is 179 Å². The summed E-state index contributed by atoms with van der Waals surface area (Å²) in [4.78, 5) is 24.1. The van der Waals surface area contributed by atoms with Crippen LogP contribution in [-0.2, 0) is 9.59 Å². The Kier molecular flexibility index (Phi) is 8.48. The smallest absolute Gasteiger partial charge is 0.262 e. The number of carbonyl (C=O) groups is 2. The van der Waals surface area contributed by atoms with Gasteiger partial charge < -0.3 is 20.1 Å². The number of para-hydroxylation sites is 1. The molecule has 0 heterocycles. The van der Waals surface area contributed by atoms with E-state index in [2.05, 4.69) is 17.2 Å². The second-order valence-corrected chi connectivity index (χ2v) is 6.30. The van der Waals surface area contributed by atoms with Gasteiger partial charge in [-0.25, -0.2) is 0 Å². The Morgan fingerprint density at radius 1 is 1.23 bits per heavy atom. The third-order valence-corrected chi connectivity index (χ3v) is 4.11. The molecule has 0 radical (unpaired) electrons. The molecule has 0 fully saturated rings. The zero-order chi connectivity index (χ0) is 21.9. The van der Waals surface area contributed by atoms with Crippen molar-refractivity contribution in [2.75, 3.05) is 25.6 Å². The lowest BCUT2D eigenvalue weighted by molar-refractivity contribution is -0.118. The molecule has 0 aliphatic carbocycles. The van der Waals surface area contributed by atoms with Crippen LogP contribution in [0.2, 0.25) is 5.02 Å². The first-order valence-corrected chi connectivity index (χ1v) is 9.22. The molecule has 0 aliphatic rings. The number of halogens is 1. The van der Waals surface area contributed by atoms with Crippen LogP contribution in [0.1, 0.15) is 5.56 Å². The molecule has 154 valence electrons. The molecule has 0 saturated carbocycles. The molecule has 0 aromatic heterocycles. The van der Waals surface area contributed by atoms with E-state index >= 15 is 0 Å². The average molecular weight is 426 g/mol. The predicted octanol–water partition coefficient (Wildman–Crippen LogP) is 3.58. The van der Waals surface area contributed by atoms with Gasteiger partial charge in [0.2, 0.25) is 0 Å². The third-order valence-electron chi connectivity index (χ3n) is 3.78. The summed E-state index contributed by atoms with van der Waals surface area (Å²) in [5, 5.41) is 14.8. The van der Waals surface area contributed by atoms with Crippen LogP contribution in [0, 0.1) is 11.3 Å². The van der Waals surface area contributed by atoms with Crippen LogP contribution < -0.4 is 20.1 Å². The summed E-state index contributed by atoms with van der Waals surface area (Å²) < 4.78 is 10.8. The van der Waals surface area contributed by atoms with Gasteiger partial charge in [-0.1, -0.05) is 35.9 Å². The normalized spacial score (nSPS) is 10.5. The highest BCUT2D eigenvalue weighted by atomic mass is 35.5. The monoisotopic (exact) mass is 425 g/mol. The van der Waals surface area contributed by atoms with Gasteiger partial charge in [0.15, 0.2) is 18.1 Å². The van der Waals surface area contributed by atoms with E-state index in [-0.39, 0.29) is 24.6 Å². The second kappa shape index (κ2) is 11.3. The van der Waals surface area contributed by atoms with Crippen LogP contribution in [0.3, 0.4) is 0 Å². The van der Waals surface area contributed by atoms with Gasteiger partial charge in [-0.3, -0.25) is 9.59 Å². The molecule has 2 rings (SSSR count). The van der Waals surface area contributed by atoms with Crippen LogP contribution in [0.15, 0.2) is 60.7 Å². The van der Waals surface area contributed by atoms with Crippen molar-refractivity contribution in [1.29, 1.82) is 5.26 Å². The van der Waals surface area contributed by atoms with Crippen LogP contribution in [0.5, 0.6) is 11.5 Å². The molecule has 0 saturated heterocycles. The minimum absolute atomic E-state index is 0.0633. The highest BCUT2D eigenvalue weighted by Gasteiger charge is 2.12. The Bertz CT molecular complexity index is 1010. The number of anilines is 1. The number of rotatable bonds is 9. The maximum Gasteiger partial charge on any atom is 0.262 e. The third kappa shape index (κ3) is 6.40. The van der Waals surface area contributed by atoms with Gasteiger partial charge in [-0.05, 0) is 35.9 Å². The molecule has 0 aliphatic heterocycles. The highest BCUT2D eigenvalue weighted by molar-refractivity contribution is 6.33. The fourth-order valence-corrected chi connectivity index (χ4v) is 2.54. The first kappa shape index (κ1) is 22.5. The van der Waals surface area contributed by atoms with Crippen LogP contribution >= 0.6 is 11.6 Å². The van der Waals surface area contributed by atoms with Crippen molar-refractivity contribution in [3.63, 3.8) is 0 Å². The van der Waals surface area contributed by atoms with Gasteiger partial charge in [0.05, 0.1) is 17.8 Å². The number of hydrogen-bond donors (Lipinski definition) is 2.